The first-order chi connectivity index (χ1) is 9.04. The van der Waals surface area contributed by atoms with E-state index in [9.17, 15) is 36.9 Å². The van der Waals surface area contributed by atoms with Gasteiger partial charge in [0.1, 0.15) is 5.56 Å². The topological polar surface area (TPSA) is 82.3 Å². The van der Waals surface area contributed by atoms with Gasteiger partial charge in [-0.25, -0.2) is 8.78 Å². The van der Waals surface area contributed by atoms with Crippen LogP contribution in [0.2, 0.25) is 0 Å². The summed E-state index contributed by atoms with van der Waals surface area (Å²) >= 11 is 4.89. The molecule has 0 aromatic carbocycles. The van der Waals surface area contributed by atoms with Crippen LogP contribution in [-0.4, -0.2) is 21.5 Å². The van der Waals surface area contributed by atoms with E-state index in [2.05, 4.69) is 9.72 Å². The normalized spacial score (nSPS) is 11.6. The van der Waals surface area contributed by atoms with Crippen molar-refractivity contribution in [3.8, 4) is 5.75 Å². The first-order valence-corrected chi connectivity index (χ1v) is 4.83. The summed E-state index contributed by atoms with van der Waals surface area (Å²) in [5, 5.41) is 8.75. The van der Waals surface area contributed by atoms with Crippen molar-refractivity contribution in [3.05, 3.63) is 27.4 Å². The minimum Gasteiger partial charge on any atom is -0.404 e. The molecule has 12 heteroatoms. The average molecular weight is 321 g/mol. The second-order valence-corrected chi connectivity index (χ2v) is 3.46. The van der Waals surface area contributed by atoms with Crippen molar-refractivity contribution in [2.75, 3.05) is 0 Å². The van der Waals surface area contributed by atoms with Crippen LogP contribution in [0.15, 0.2) is 6.20 Å². The molecule has 1 heterocycles. The summed E-state index contributed by atoms with van der Waals surface area (Å²) in [6.45, 7) is 0. The van der Waals surface area contributed by atoms with Gasteiger partial charge in [-0.1, -0.05) is 0 Å². The maximum atomic E-state index is 12.6. The van der Waals surface area contributed by atoms with Gasteiger partial charge in [-0.3, -0.25) is 4.79 Å². The average Bonchev–Trinajstić information content (AvgIpc) is 2.24. The Kier molecular flexibility index (Phi) is 4.43. The summed E-state index contributed by atoms with van der Waals surface area (Å²) in [7, 11) is 0. The third-order valence-corrected chi connectivity index (χ3v) is 2.05. The standard InChI is InChI=1S/C8H2ClF5N2O4/c9-5(17)3-4(20-8(12,13)14)2(6(10)11)1-15-7(3)16(18)19/h1,6H. The predicted molar refractivity (Wildman–Crippen MR) is 52.7 cm³/mol. The van der Waals surface area contributed by atoms with E-state index in [0.717, 1.165) is 0 Å². The second-order valence-electron chi connectivity index (χ2n) is 3.12. The van der Waals surface area contributed by atoms with Crippen molar-refractivity contribution < 1.29 is 36.4 Å². The summed E-state index contributed by atoms with van der Waals surface area (Å²) in [4.78, 5) is 23.0. The number of nitro groups is 1. The van der Waals surface area contributed by atoms with E-state index >= 15 is 0 Å². The molecule has 0 radical (unpaired) electrons. The summed E-state index contributed by atoms with van der Waals surface area (Å²) in [5.41, 5.74) is -2.94. The summed E-state index contributed by atoms with van der Waals surface area (Å²) < 4.78 is 64.8. The quantitative estimate of drug-likeness (QED) is 0.368. The highest BCUT2D eigenvalue weighted by molar-refractivity contribution is 6.68. The highest BCUT2D eigenvalue weighted by Gasteiger charge is 2.39. The highest BCUT2D eigenvalue weighted by Crippen LogP contribution is 2.39. The highest BCUT2D eigenvalue weighted by atomic mass is 35.5. The fourth-order valence-corrected chi connectivity index (χ4v) is 1.37. The van der Waals surface area contributed by atoms with Gasteiger partial charge in [-0.2, -0.15) is 0 Å². The van der Waals surface area contributed by atoms with Crippen molar-refractivity contribution in [1.29, 1.82) is 0 Å². The Balaban J connectivity index is 3.65. The zero-order valence-electron chi connectivity index (χ0n) is 8.95. The molecule has 6 nitrogen and oxygen atoms in total. The van der Waals surface area contributed by atoms with Crippen LogP contribution in [0.4, 0.5) is 27.8 Å². The van der Waals surface area contributed by atoms with E-state index < -0.39 is 45.6 Å². The van der Waals surface area contributed by atoms with E-state index in [4.69, 9.17) is 11.6 Å². The van der Waals surface area contributed by atoms with Crippen LogP contribution in [0.25, 0.3) is 0 Å². The van der Waals surface area contributed by atoms with Gasteiger partial charge in [0.25, 0.3) is 11.7 Å². The van der Waals surface area contributed by atoms with Crippen molar-refractivity contribution in [2.24, 2.45) is 0 Å². The van der Waals surface area contributed by atoms with Crippen molar-refractivity contribution in [3.63, 3.8) is 0 Å². The molecule has 110 valence electrons. The molecule has 0 N–H and O–H groups in total. The molecule has 1 aromatic rings. The van der Waals surface area contributed by atoms with Crippen LogP contribution < -0.4 is 4.74 Å². The number of carbonyl (C=O) groups is 1. The van der Waals surface area contributed by atoms with Gasteiger partial charge in [-0.15, -0.1) is 13.2 Å². The lowest BCUT2D eigenvalue weighted by atomic mass is 10.1. The molecule has 1 aromatic heterocycles. The van der Waals surface area contributed by atoms with Crippen LogP contribution in [-0.2, 0) is 0 Å². The summed E-state index contributed by atoms with van der Waals surface area (Å²) in [6, 6.07) is 0. The molecule has 0 aliphatic carbocycles. The van der Waals surface area contributed by atoms with Crippen molar-refractivity contribution >= 4 is 22.7 Å². The predicted octanol–water partition coefficient (Wildman–Crippen LogP) is 3.20. The molecule has 0 amide bonds. The largest absolute Gasteiger partial charge is 0.573 e. The van der Waals surface area contributed by atoms with Gasteiger partial charge in [0.2, 0.25) is 0 Å². The monoisotopic (exact) mass is 320 g/mol. The maximum Gasteiger partial charge on any atom is 0.573 e. The Bertz CT molecular complexity index is 563. The van der Waals surface area contributed by atoms with E-state index in [1.165, 1.54) is 0 Å². The van der Waals surface area contributed by atoms with Crippen LogP contribution in [0.5, 0.6) is 5.75 Å². The number of nitrogens with zero attached hydrogens (tertiary/aromatic N) is 2. The molecular formula is C8H2ClF5N2O4. The lowest BCUT2D eigenvalue weighted by Crippen LogP contribution is -2.21. The number of pyridine rings is 1. The van der Waals surface area contributed by atoms with Gasteiger partial charge in [-0.05, 0) is 21.5 Å². The van der Waals surface area contributed by atoms with Crippen LogP contribution in [0, 0.1) is 10.1 Å². The van der Waals surface area contributed by atoms with Gasteiger partial charge in [0.05, 0.1) is 0 Å². The van der Waals surface area contributed by atoms with Crippen LogP contribution in [0.1, 0.15) is 22.3 Å². The Morgan fingerprint density at radius 1 is 1.45 bits per heavy atom. The SMILES string of the molecule is O=C(Cl)c1c([N+](=O)[O-])ncc(C(F)F)c1OC(F)(F)F. The second kappa shape index (κ2) is 5.53. The lowest BCUT2D eigenvalue weighted by molar-refractivity contribution is -0.390. The number of carbonyl (C=O) groups excluding carboxylic acids is 1. The number of ether oxygens (including phenoxy) is 1. The molecule has 0 bridgehead atoms. The van der Waals surface area contributed by atoms with Gasteiger partial charge in [0.15, 0.2) is 17.5 Å². The Labute approximate surface area is 111 Å². The molecule has 20 heavy (non-hydrogen) atoms. The molecule has 1 rings (SSSR count). The molecule has 0 spiro atoms. The fraction of sp³-hybridized carbons (Fsp3) is 0.250. The first kappa shape index (κ1) is 16.0. The molecule has 0 aliphatic heterocycles. The first-order valence-electron chi connectivity index (χ1n) is 4.45. The number of hydrogen-bond donors (Lipinski definition) is 0. The lowest BCUT2D eigenvalue weighted by Gasteiger charge is -2.14. The Hall–Kier alpha value is -2.04. The molecule has 0 saturated carbocycles. The Morgan fingerprint density at radius 3 is 2.35 bits per heavy atom. The minimum absolute atomic E-state index is 0.104. The maximum absolute atomic E-state index is 12.6. The smallest absolute Gasteiger partial charge is 0.404 e. The number of aromatic nitrogens is 1. The van der Waals surface area contributed by atoms with Crippen LogP contribution in [0.3, 0.4) is 0 Å². The van der Waals surface area contributed by atoms with E-state index in [-0.39, 0.29) is 6.20 Å². The van der Waals surface area contributed by atoms with Gasteiger partial charge >= 0.3 is 12.2 Å². The van der Waals surface area contributed by atoms with E-state index in [1.54, 1.807) is 0 Å². The van der Waals surface area contributed by atoms with Gasteiger partial charge in [0, 0.05) is 0 Å². The molecule has 0 atom stereocenters. The zero-order chi connectivity index (χ0) is 15.7. The van der Waals surface area contributed by atoms with Gasteiger partial charge < -0.3 is 14.9 Å². The Morgan fingerprint density at radius 2 is 2.00 bits per heavy atom. The molecule has 0 unspecified atom stereocenters. The molecule has 0 aliphatic rings. The van der Waals surface area contributed by atoms with E-state index in [1.807, 2.05) is 0 Å². The molecule has 0 fully saturated rings. The number of alkyl halides is 5. The van der Waals surface area contributed by atoms with Crippen molar-refractivity contribution in [2.45, 2.75) is 12.8 Å². The fourth-order valence-electron chi connectivity index (χ4n) is 1.20. The van der Waals surface area contributed by atoms with Crippen LogP contribution >= 0.6 is 11.6 Å². The zero-order valence-corrected chi connectivity index (χ0v) is 9.71. The summed E-state index contributed by atoms with van der Waals surface area (Å²) in [6.07, 6.45) is -8.87. The van der Waals surface area contributed by atoms with Crippen molar-refractivity contribution in [1.82, 2.24) is 4.98 Å². The summed E-state index contributed by atoms with van der Waals surface area (Å²) in [5.74, 6) is -3.16. The molecule has 0 saturated heterocycles. The third kappa shape index (κ3) is 3.50. The number of hydrogen-bond acceptors (Lipinski definition) is 5. The van der Waals surface area contributed by atoms with E-state index in [0.29, 0.717) is 0 Å². The molecular weight excluding hydrogens is 319 g/mol. The minimum atomic E-state index is -5.46. The third-order valence-electron chi connectivity index (χ3n) is 1.86. The number of halogens is 6. The number of rotatable bonds is 4.